The summed E-state index contributed by atoms with van der Waals surface area (Å²) in [6.45, 7) is 12.5. The third kappa shape index (κ3) is 5.50. The molecule has 1 aliphatic heterocycles. The number of rotatable bonds is 6. The first-order valence-corrected chi connectivity index (χ1v) is 6.18. The van der Waals surface area contributed by atoms with E-state index in [2.05, 4.69) is 16.7 Å². The first-order chi connectivity index (χ1) is 7.01. The normalized spacial score (nSPS) is 19.0. The van der Waals surface area contributed by atoms with Crippen molar-refractivity contribution >= 4 is 0 Å². The van der Waals surface area contributed by atoms with Crippen LogP contribution in [-0.4, -0.2) is 59.8 Å². The molecule has 0 bridgehead atoms. The van der Waals surface area contributed by atoms with Gasteiger partial charge in [0, 0.05) is 19.6 Å². The van der Waals surface area contributed by atoms with Crippen LogP contribution in [0.1, 0.15) is 33.6 Å². The maximum atomic E-state index is 9.76. The smallest absolute Gasteiger partial charge is 0.0718 e. The van der Waals surface area contributed by atoms with Gasteiger partial charge in [-0.05, 0) is 46.3 Å². The van der Waals surface area contributed by atoms with Crippen molar-refractivity contribution in [2.75, 3.05) is 39.3 Å². The van der Waals surface area contributed by atoms with Gasteiger partial charge in [0.15, 0.2) is 0 Å². The van der Waals surface area contributed by atoms with E-state index in [0.717, 1.165) is 26.2 Å². The third-order valence-corrected chi connectivity index (χ3v) is 2.99. The van der Waals surface area contributed by atoms with Crippen molar-refractivity contribution in [1.29, 1.82) is 0 Å². The predicted octanol–water partition coefficient (Wildman–Crippen LogP) is 1.17. The Bertz CT molecular complexity index is 171. The van der Waals surface area contributed by atoms with Gasteiger partial charge in [0.05, 0.1) is 5.60 Å². The number of likely N-dealkylation sites (tertiary alicyclic amines) is 1. The highest BCUT2D eigenvalue weighted by Gasteiger charge is 2.18. The van der Waals surface area contributed by atoms with Gasteiger partial charge in [0.25, 0.3) is 0 Å². The van der Waals surface area contributed by atoms with Crippen LogP contribution in [0.2, 0.25) is 0 Å². The van der Waals surface area contributed by atoms with Gasteiger partial charge in [-0.25, -0.2) is 0 Å². The Labute approximate surface area is 94.1 Å². The Kier molecular flexibility index (Phi) is 5.03. The summed E-state index contributed by atoms with van der Waals surface area (Å²) in [5.74, 6) is 0. The molecule has 0 radical (unpaired) electrons. The van der Waals surface area contributed by atoms with Crippen LogP contribution in [0.15, 0.2) is 0 Å². The van der Waals surface area contributed by atoms with Gasteiger partial charge in [-0.15, -0.1) is 0 Å². The second-order valence-corrected chi connectivity index (χ2v) is 5.23. The van der Waals surface area contributed by atoms with E-state index in [1.807, 2.05) is 13.8 Å². The predicted molar refractivity (Wildman–Crippen MR) is 64.1 cm³/mol. The lowest BCUT2D eigenvalue weighted by molar-refractivity contribution is 0.0354. The Morgan fingerprint density at radius 3 is 2.33 bits per heavy atom. The molecule has 0 unspecified atom stereocenters. The molecule has 0 atom stereocenters. The molecule has 1 aliphatic rings. The third-order valence-electron chi connectivity index (χ3n) is 2.99. The zero-order valence-electron chi connectivity index (χ0n) is 10.5. The van der Waals surface area contributed by atoms with E-state index in [9.17, 15) is 5.11 Å². The van der Waals surface area contributed by atoms with E-state index in [0.29, 0.717) is 0 Å². The summed E-state index contributed by atoms with van der Waals surface area (Å²) in [4.78, 5) is 4.85. The van der Waals surface area contributed by atoms with Crippen LogP contribution in [-0.2, 0) is 0 Å². The fourth-order valence-electron chi connectivity index (χ4n) is 2.19. The van der Waals surface area contributed by atoms with E-state index >= 15 is 0 Å². The van der Waals surface area contributed by atoms with Gasteiger partial charge < -0.3 is 10.0 Å². The van der Waals surface area contributed by atoms with Crippen molar-refractivity contribution in [2.45, 2.75) is 39.2 Å². The molecule has 0 spiro atoms. The van der Waals surface area contributed by atoms with Gasteiger partial charge in [0.2, 0.25) is 0 Å². The number of nitrogens with zero attached hydrogens (tertiary/aromatic N) is 2. The molecule has 0 aromatic carbocycles. The fourth-order valence-corrected chi connectivity index (χ4v) is 2.19. The molecule has 1 saturated heterocycles. The molecule has 3 nitrogen and oxygen atoms in total. The maximum Gasteiger partial charge on any atom is 0.0718 e. The number of likely N-dealkylation sites (N-methyl/N-ethyl adjacent to an activating group) is 1. The van der Waals surface area contributed by atoms with E-state index in [4.69, 9.17) is 0 Å². The summed E-state index contributed by atoms with van der Waals surface area (Å²) in [6, 6.07) is 0. The highest BCUT2D eigenvalue weighted by atomic mass is 16.3. The first-order valence-electron chi connectivity index (χ1n) is 6.18. The quantitative estimate of drug-likeness (QED) is 0.719. The summed E-state index contributed by atoms with van der Waals surface area (Å²) in [5.41, 5.74) is -0.568. The standard InChI is InChI=1S/C12H26N2O/c1-4-13(11-12(2,3)15)9-10-14-7-5-6-8-14/h15H,4-11H2,1-3H3. The van der Waals surface area contributed by atoms with Gasteiger partial charge in [-0.3, -0.25) is 4.90 Å². The van der Waals surface area contributed by atoms with Crippen molar-refractivity contribution in [3.63, 3.8) is 0 Å². The molecule has 0 aromatic heterocycles. The molecule has 1 fully saturated rings. The highest BCUT2D eigenvalue weighted by Crippen LogP contribution is 2.08. The van der Waals surface area contributed by atoms with Gasteiger partial charge >= 0.3 is 0 Å². The second kappa shape index (κ2) is 5.83. The average Bonchev–Trinajstić information content (AvgIpc) is 2.62. The SMILES string of the molecule is CCN(CCN1CCCC1)CC(C)(C)O. The van der Waals surface area contributed by atoms with Crippen molar-refractivity contribution in [3.8, 4) is 0 Å². The molecule has 1 rings (SSSR count). The number of hydrogen-bond acceptors (Lipinski definition) is 3. The summed E-state index contributed by atoms with van der Waals surface area (Å²) in [5, 5.41) is 9.76. The molecular formula is C12H26N2O. The Morgan fingerprint density at radius 1 is 1.27 bits per heavy atom. The highest BCUT2D eigenvalue weighted by molar-refractivity contribution is 4.73. The molecule has 0 aromatic rings. The zero-order valence-corrected chi connectivity index (χ0v) is 10.5. The van der Waals surface area contributed by atoms with E-state index in [1.165, 1.54) is 25.9 Å². The minimum absolute atomic E-state index is 0.568. The van der Waals surface area contributed by atoms with E-state index in [1.54, 1.807) is 0 Å². The summed E-state index contributed by atoms with van der Waals surface area (Å²) in [6.07, 6.45) is 2.72. The Balaban J connectivity index is 2.21. The Morgan fingerprint density at radius 2 is 1.87 bits per heavy atom. The molecule has 15 heavy (non-hydrogen) atoms. The van der Waals surface area contributed by atoms with Gasteiger partial charge in [-0.2, -0.15) is 0 Å². The Hall–Kier alpha value is -0.120. The minimum atomic E-state index is -0.568. The second-order valence-electron chi connectivity index (χ2n) is 5.23. The molecular weight excluding hydrogens is 188 g/mol. The fraction of sp³-hybridized carbons (Fsp3) is 1.00. The summed E-state index contributed by atoms with van der Waals surface area (Å²) in [7, 11) is 0. The van der Waals surface area contributed by atoms with Crippen LogP contribution < -0.4 is 0 Å². The molecule has 1 heterocycles. The monoisotopic (exact) mass is 214 g/mol. The van der Waals surface area contributed by atoms with Gasteiger partial charge in [0.1, 0.15) is 0 Å². The van der Waals surface area contributed by atoms with Crippen molar-refractivity contribution in [1.82, 2.24) is 9.80 Å². The van der Waals surface area contributed by atoms with Crippen LogP contribution in [0, 0.1) is 0 Å². The van der Waals surface area contributed by atoms with Crippen molar-refractivity contribution in [2.24, 2.45) is 0 Å². The lowest BCUT2D eigenvalue weighted by Crippen LogP contribution is -2.42. The van der Waals surface area contributed by atoms with Crippen LogP contribution in [0.25, 0.3) is 0 Å². The van der Waals surface area contributed by atoms with Crippen LogP contribution in [0.4, 0.5) is 0 Å². The molecule has 3 heteroatoms. The molecule has 0 amide bonds. The average molecular weight is 214 g/mol. The summed E-state index contributed by atoms with van der Waals surface area (Å²) >= 11 is 0. The van der Waals surface area contributed by atoms with Crippen molar-refractivity contribution < 1.29 is 5.11 Å². The van der Waals surface area contributed by atoms with Gasteiger partial charge in [-0.1, -0.05) is 6.92 Å². The molecule has 90 valence electrons. The number of hydrogen-bond donors (Lipinski definition) is 1. The lowest BCUT2D eigenvalue weighted by atomic mass is 10.1. The zero-order chi connectivity index (χ0) is 11.3. The van der Waals surface area contributed by atoms with Crippen LogP contribution >= 0.6 is 0 Å². The van der Waals surface area contributed by atoms with Crippen LogP contribution in [0.3, 0.4) is 0 Å². The topological polar surface area (TPSA) is 26.7 Å². The maximum absolute atomic E-state index is 9.76. The van der Waals surface area contributed by atoms with Crippen molar-refractivity contribution in [3.05, 3.63) is 0 Å². The summed E-state index contributed by atoms with van der Waals surface area (Å²) < 4.78 is 0. The molecule has 0 saturated carbocycles. The molecule has 0 aliphatic carbocycles. The molecule has 1 N–H and O–H groups in total. The van der Waals surface area contributed by atoms with Crippen LogP contribution in [0.5, 0.6) is 0 Å². The lowest BCUT2D eigenvalue weighted by Gasteiger charge is -2.29. The number of aliphatic hydroxyl groups is 1. The van der Waals surface area contributed by atoms with E-state index < -0.39 is 5.60 Å². The largest absolute Gasteiger partial charge is 0.389 e. The first kappa shape index (κ1) is 12.9. The van der Waals surface area contributed by atoms with E-state index in [-0.39, 0.29) is 0 Å². The minimum Gasteiger partial charge on any atom is -0.389 e.